The molecule has 0 amide bonds. The first-order valence-electron chi connectivity index (χ1n) is 5.28. The van der Waals surface area contributed by atoms with Crippen molar-refractivity contribution >= 4 is 19.9 Å². The van der Waals surface area contributed by atoms with Gasteiger partial charge in [-0.05, 0) is 6.92 Å². The first-order valence-corrected chi connectivity index (χ1v) is 7.01. The first-order chi connectivity index (χ1) is 8.92. The molecule has 0 saturated heterocycles. The zero-order chi connectivity index (χ0) is 14.6. The monoisotopic (exact) mass is 290 g/mol. The summed E-state index contributed by atoms with van der Waals surface area (Å²) in [6, 6.07) is 0. The summed E-state index contributed by atoms with van der Waals surface area (Å²) in [4.78, 5) is 22.6. The van der Waals surface area contributed by atoms with Crippen molar-refractivity contribution in [3.05, 3.63) is 22.6 Å². The molecule has 0 fully saturated rings. The molecule has 0 spiro atoms. The summed E-state index contributed by atoms with van der Waals surface area (Å²) in [5.41, 5.74) is 0.307. The van der Waals surface area contributed by atoms with E-state index in [2.05, 4.69) is 4.74 Å². The van der Waals surface area contributed by atoms with Crippen molar-refractivity contribution < 1.29 is 32.4 Å². The molecule has 0 aromatic carbocycles. The number of hydrogen-bond donors (Lipinski definition) is 0. The lowest BCUT2D eigenvalue weighted by Gasteiger charge is -2.13. The second kappa shape index (κ2) is 6.14. The van der Waals surface area contributed by atoms with Gasteiger partial charge < -0.3 is 18.2 Å². The van der Waals surface area contributed by atoms with Crippen LogP contribution in [0.2, 0.25) is 0 Å². The Hall–Kier alpha value is -1.43. The van der Waals surface area contributed by atoms with Crippen LogP contribution in [0.5, 0.6) is 0 Å². The van der Waals surface area contributed by atoms with Gasteiger partial charge in [0.25, 0.3) is 0 Å². The third-order valence-electron chi connectivity index (χ3n) is 2.63. The quantitative estimate of drug-likeness (QED) is 0.450. The molecule has 0 bridgehead atoms. The van der Waals surface area contributed by atoms with E-state index in [0.717, 1.165) is 0 Å². The Morgan fingerprint density at radius 2 is 1.89 bits per heavy atom. The lowest BCUT2D eigenvalue weighted by Crippen LogP contribution is -2.05. The Labute approximate surface area is 110 Å². The zero-order valence-electron chi connectivity index (χ0n) is 11.1. The lowest BCUT2D eigenvalue weighted by molar-refractivity contribution is 0.0562. The van der Waals surface area contributed by atoms with Crippen molar-refractivity contribution in [2.75, 3.05) is 21.3 Å². The van der Waals surface area contributed by atoms with Gasteiger partial charge in [-0.3, -0.25) is 9.36 Å². The van der Waals surface area contributed by atoms with Gasteiger partial charge in [-0.2, -0.15) is 0 Å². The molecule has 8 heteroatoms. The average molecular weight is 290 g/mol. The van der Waals surface area contributed by atoms with Gasteiger partial charge in [0.1, 0.15) is 5.76 Å². The van der Waals surface area contributed by atoms with Crippen LogP contribution in [-0.4, -0.2) is 33.6 Å². The summed E-state index contributed by atoms with van der Waals surface area (Å²) in [6.07, 6.45) is 0.270. The average Bonchev–Trinajstić information content (AvgIpc) is 2.73. The summed E-state index contributed by atoms with van der Waals surface area (Å²) < 4.78 is 31.4. The van der Waals surface area contributed by atoms with Crippen LogP contribution in [0.1, 0.15) is 32.2 Å². The number of furan rings is 1. The maximum Gasteiger partial charge on any atom is 0.374 e. The van der Waals surface area contributed by atoms with Crippen LogP contribution in [0.25, 0.3) is 0 Å². The number of rotatable bonds is 6. The van der Waals surface area contributed by atoms with Gasteiger partial charge in [0, 0.05) is 19.8 Å². The molecule has 19 heavy (non-hydrogen) atoms. The number of esters is 1. The molecule has 0 aliphatic carbocycles. The SMILES string of the molecule is COC(=O)c1oc(C)c(C=O)c1CP(=O)(OC)OC. The molecule has 0 aliphatic heterocycles. The highest BCUT2D eigenvalue weighted by Gasteiger charge is 2.31. The Morgan fingerprint density at radius 1 is 1.32 bits per heavy atom. The molecule has 0 saturated carbocycles. The van der Waals surface area contributed by atoms with Gasteiger partial charge in [-0.1, -0.05) is 0 Å². The minimum atomic E-state index is -3.43. The second-order valence-corrected chi connectivity index (χ2v) is 5.89. The van der Waals surface area contributed by atoms with E-state index in [4.69, 9.17) is 13.5 Å². The highest BCUT2D eigenvalue weighted by molar-refractivity contribution is 7.53. The van der Waals surface area contributed by atoms with Crippen LogP contribution in [0.4, 0.5) is 0 Å². The van der Waals surface area contributed by atoms with Crippen LogP contribution >= 0.6 is 7.60 Å². The van der Waals surface area contributed by atoms with E-state index in [9.17, 15) is 14.2 Å². The van der Waals surface area contributed by atoms with Crippen LogP contribution in [0, 0.1) is 6.92 Å². The molecule has 1 aromatic heterocycles. The molecule has 1 rings (SSSR count). The van der Waals surface area contributed by atoms with Gasteiger partial charge in [0.15, 0.2) is 6.29 Å². The number of methoxy groups -OCH3 is 1. The van der Waals surface area contributed by atoms with E-state index in [1.54, 1.807) is 0 Å². The summed E-state index contributed by atoms with van der Waals surface area (Å²) >= 11 is 0. The van der Waals surface area contributed by atoms with Crippen molar-refractivity contribution in [2.24, 2.45) is 0 Å². The van der Waals surface area contributed by atoms with Gasteiger partial charge in [-0.15, -0.1) is 0 Å². The molecule has 7 nitrogen and oxygen atoms in total. The number of ether oxygens (including phenoxy) is 1. The molecular weight excluding hydrogens is 275 g/mol. The van der Waals surface area contributed by atoms with Crippen LogP contribution in [0.3, 0.4) is 0 Å². The molecule has 0 radical (unpaired) electrons. The van der Waals surface area contributed by atoms with E-state index < -0.39 is 13.6 Å². The fourth-order valence-corrected chi connectivity index (χ4v) is 2.68. The van der Waals surface area contributed by atoms with E-state index >= 15 is 0 Å². The number of carbonyl (C=O) groups is 2. The Kier molecular flexibility index (Phi) is 5.05. The molecule has 0 unspecified atom stereocenters. The molecular formula is C11H15O7P. The fourth-order valence-electron chi connectivity index (χ4n) is 1.57. The minimum absolute atomic E-state index is 0.148. The molecule has 1 heterocycles. The summed E-state index contributed by atoms with van der Waals surface area (Å²) in [5, 5.41) is 0. The van der Waals surface area contributed by atoms with Crippen molar-refractivity contribution in [1.82, 2.24) is 0 Å². The first kappa shape index (κ1) is 15.6. The zero-order valence-corrected chi connectivity index (χ0v) is 12.0. The van der Waals surface area contributed by atoms with E-state index in [-0.39, 0.29) is 28.8 Å². The standard InChI is InChI=1S/C11H15O7P/c1-7-8(5-12)9(6-19(14,16-3)17-4)10(18-7)11(13)15-2/h5H,6H2,1-4H3. The summed E-state index contributed by atoms with van der Waals surface area (Å²) in [5.74, 6) is -0.689. The summed E-state index contributed by atoms with van der Waals surface area (Å²) in [6.45, 7) is 1.52. The predicted molar refractivity (Wildman–Crippen MR) is 65.5 cm³/mol. The van der Waals surface area contributed by atoms with E-state index in [0.29, 0.717) is 6.29 Å². The number of carbonyl (C=O) groups excluding carboxylic acids is 2. The maximum absolute atomic E-state index is 12.1. The lowest BCUT2D eigenvalue weighted by atomic mass is 10.1. The number of aldehydes is 1. The highest BCUT2D eigenvalue weighted by atomic mass is 31.2. The van der Waals surface area contributed by atoms with Crippen LogP contribution in [-0.2, 0) is 24.5 Å². The minimum Gasteiger partial charge on any atom is -0.463 e. The van der Waals surface area contributed by atoms with E-state index in [1.807, 2.05) is 0 Å². The fraction of sp³-hybridized carbons (Fsp3) is 0.455. The van der Waals surface area contributed by atoms with Gasteiger partial charge in [0.2, 0.25) is 5.76 Å². The van der Waals surface area contributed by atoms with Crippen LogP contribution < -0.4 is 0 Å². The van der Waals surface area contributed by atoms with Crippen molar-refractivity contribution in [3.63, 3.8) is 0 Å². The molecule has 106 valence electrons. The second-order valence-electron chi connectivity index (χ2n) is 3.62. The van der Waals surface area contributed by atoms with Crippen molar-refractivity contribution in [3.8, 4) is 0 Å². The van der Waals surface area contributed by atoms with Gasteiger partial charge in [-0.25, -0.2) is 4.79 Å². The largest absolute Gasteiger partial charge is 0.463 e. The molecule has 0 aliphatic rings. The van der Waals surface area contributed by atoms with E-state index in [1.165, 1.54) is 28.3 Å². The third-order valence-corrected chi connectivity index (χ3v) is 4.45. The topological polar surface area (TPSA) is 92.0 Å². The Bertz CT molecular complexity index is 523. The molecule has 0 atom stereocenters. The number of aryl methyl sites for hydroxylation is 1. The normalized spacial score (nSPS) is 11.4. The summed E-state index contributed by atoms with van der Waals surface area (Å²) in [7, 11) is 0.179. The van der Waals surface area contributed by atoms with Gasteiger partial charge in [0.05, 0.1) is 18.8 Å². The van der Waals surface area contributed by atoms with Crippen molar-refractivity contribution in [1.29, 1.82) is 0 Å². The van der Waals surface area contributed by atoms with Crippen molar-refractivity contribution in [2.45, 2.75) is 13.1 Å². The molecule has 1 aromatic rings. The maximum atomic E-state index is 12.1. The third kappa shape index (κ3) is 3.12. The Balaban J connectivity index is 3.35. The molecule has 0 N–H and O–H groups in total. The Morgan fingerprint density at radius 3 is 2.32 bits per heavy atom. The van der Waals surface area contributed by atoms with Crippen LogP contribution in [0.15, 0.2) is 4.42 Å². The number of hydrogen-bond acceptors (Lipinski definition) is 7. The highest BCUT2D eigenvalue weighted by Crippen LogP contribution is 2.51. The smallest absolute Gasteiger partial charge is 0.374 e. The van der Waals surface area contributed by atoms with Gasteiger partial charge >= 0.3 is 13.6 Å². The predicted octanol–water partition coefficient (Wildman–Crippen LogP) is 2.17.